The molecule has 110 valence electrons. The zero-order valence-electron chi connectivity index (χ0n) is 11.6. The molecule has 3 aliphatic rings. The standard InChI is InChI=1S/C16H17FN2O2/c17-11-3-5-12(6-4-11)18-8-19-15(20)13-9-1-2-10(7-9)14(13)16(19)21/h3-6,9-10,13-14,18H,1-2,7-8H2/t9-,10+,13-,14+. The molecule has 1 N–H and O–H groups in total. The number of rotatable bonds is 3. The number of nitrogens with zero attached hydrogens (tertiary/aromatic N) is 1. The minimum atomic E-state index is -0.306. The summed E-state index contributed by atoms with van der Waals surface area (Å²) in [6, 6.07) is 5.91. The number of hydrogen-bond donors (Lipinski definition) is 1. The van der Waals surface area contributed by atoms with Crippen molar-refractivity contribution >= 4 is 17.5 Å². The molecule has 3 fully saturated rings. The number of likely N-dealkylation sites (tertiary alicyclic amines) is 1. The molecular formula is C16H17FN2O2. The van der Waals surface area contributed by atoms with Gasteiger partial charge in [-0.15, -0.1) is 0 Å². The second-order valence-electron chi connectivity index (χ2n) is 6.33. The van der Waals surface area contributed by atoms with Crippen molar-refractivity contribution in [3.05, 3.63) is 30.1 Å². The van der Waals surface area contributed by atoms with Crippen LogP contribution in [-0.2, 0) is 9.59 Å². The summed E-state index contributed by atoms with van der Waals surface area (Å²) >= 11 is 0. The fraction of sp³-hybridized carbons (Fsp3) is 0.500. The van der Waals surface area contributed by atoms with Crippen molar-refractivity contribution in [2.75, 3.05) is 12.0 Å². The van der Waals surface area contributed by atoms with E-state index in [4.69, 9.17) is 0 Å². The van der Waals surface area contributed by atoms with Crippen LogP contribution in [0.1, 0.15) is 19.3 Å². The van der Waals surface area contributed by atoms with Crippen molar-refractivity contribution in [3.8, 4) is 0 Å². The third-order valence-electron chi connectivity index (χ3n) is 5.30. The van der Waals surface area contributed by atoms with Gasteiger partial charge in [0.15, 0.2) is 0 Å². The van der Waals surface area contributed by atoms with E-state index >= 15 is 0 Å². The lowest BCUT2D eigenvalue weighted by atomic mass is 9.81. The second kappa shape index (κ2) is 4.55. The van der Waals surface area contributed by atoms with E-state index in [-0.39, 0.29) is 36.1 Å². The van der Waals surface area contributed by atoms with E-state index in [1.54, 1.807) is 12.1 Å². The molecule has 1 saturated heterocycles. The Balaban J connectivity index is 1.48. The Labute approximate surface area is 122 Å². The molecule has 2 aliphatic carbocycles. The summed E-state index contributed by atoms with van der Waals surface area (Å²) in [5.41, 5.74) is 0.706. The Morgan fingerprint density at radius 2 is 1.62 bits per heavy atom. The van der Waals surface area contributed by atoms with Gasteiger partial charge in [0.1, 0.15) is 5.82 Å². The van der Waals surface area contributed by atoms with Gasteiger partial charge < -0.3 is 5.32 Å². The fourth-order valence-corrected chi connectivity index (χ4v) is 4.36. The summed E-state index contributed by atoms with van der Waals surface area (Å²) in [6.45, 7) is 0.176. The highest BCUT2D eigenvalue weighted by molar-refractivity contribution is 6.06. The predicted molar refractivity (Wildman–Crippen MR) is 74.6 cm³/mol. The number of carbonyl (C=O) groups is 2. The number of hydrogen-bond acceptors (Lipinski definition) is 3. The Bertz CT molecular complexity index is 573. The van der Waals surface area contributed by atoms with Gasteiger partial charge in [-0.2, -0.15) is 0 Å². The number of carbonyl (C=O) groups excluding carboxylic acids is 2. The van der Waals surface area contributed by atoms with Crippen molar-refractivity contribution in [3.63, 3.8) is 0 Å². The molecule has 2 bridgehead atoms. The van der Waals surface area contributed by atoms with Gasteiger partial charge in [-0.25, -0.2) is 4.39 Å². The van der Waals surface area contributed by atoms with Gasteiger partial charge >= 0.3 is 0 Å². The maximum atomic E-state index is 12.9. The second-order valence-corrected chi connectivity index (χ2v) is 6.33. The molecule has 1 aromatic carbocycles. The van der Waals surface area contributed by atoms with E-state index in [1.165, 1.54) is 17.0 Å². The molecule has 4 atom stereocenters. The minimum Gasteiger partial charge on any atom is -0.367 e. The van der Waals surface area contributed by atoms with E-state index in [0.717, 1.165) is 19.3 Å². The van der Waals surface area contributed by atoms with E-state index in [0.29, 0.717) is 17.5 Å². The molecule has 1 aromatic rings. The van der Waals surface area contributed by atoms with Gasteiger partial charge in [0, 0.05) is 5.69 Å². The molecule has 4 nitrogen and oxygen atoms in total. The van der Waals surface area contributed by atoms with Crippen LogP contribution >= 0.6 is 0 Å². The van der Waals surface area contributed by atoms with Gasteiger partial charge in [0.25, 0.3) is 0 Å². The zero-order valence-corrected chi connectivity index (χ0v) is 11.6. The van der Waals surface area contributed by atoms with Gasteiger partial charge in [0.2, 0.25) is 11.8 Å². The lowest BCUT2D eigenvalue weighted by Gasteiger charge is -2.19. The minimum absolute atomic E-state index is 0.0215. The first kappa shape index (κ1) is 12.8. The molecular weight excluding hydrogens is 271 g/mol. The average Bonchev–Trinajstić information content (AvgIpc) is 3.14. The van der Waals surface area contributed by atoms with Crippen LogP contribution in [0.3, 0.4) is 0 Å². The summed E-state index contributed by atoms with van der Waals surface area (Å²) < 4.78 is 12.9. The fourth-order valence-electron chi connectivity index (χ4n) is 4.36. The maximum Gasteiger partial charge on any atom is 0.234 e. The number of nitrogens with one attached hydrogen (secondary N) is 1. The summed E-state index contributed by atoms with van der Waals surface area (Å²) in [5.74, 6) is 0.315. The predicted octanol–water partition coefficient (Wildman–Crippen LogP) is 2.23. The number of amides is 2. The quantitative estimate of drug-likeness (QED) is 0.868. The Kier molecular flexibility index (Phi) is 2.77. The Morgan fingerprint density at radius 3 is 2.19 bits per heavy atom. The van der Waals surface area contributed by atoms with Gasteiger partial charge in [-0.1, -0.05) is 0 Å². The topological polar surface area (TPSA) is 49.4 Å². The molecule has 0 spiro atoms. The summed E-state index contributed by atoms with van der Waals surface area (Å²) in [6.07, 6.45) is 3.22. The first-order valence-electron chi connectivity index (χ1n) is 7.50. The highest BCUT2D eigenvalue weighted by Crippen LogP contribution is 2.55. The van der Waals surface area contributed by atoms with E-state index in [9.17, 15) is 14.0 Å². The van der Waals surface area contributed by atoms with Gasteiger partial charge in [-0.3, -0.25) is 14.5 Å². The van der Waals surface area contributed by atoms with Crippen LogP contribution < -0.4 is 5.32 Å². The first-order chi connectivity index (χ1) is 10.1. The largest absolute Gasteiger partial charge is 0.367 e. The molecule has 2 saturated carbocycles. The molecule has 0 unspecified atom stereocenters. The summed E-state index contributed by atoms with van der Waals surface area (Å²) in [5, 5.41) is 3.03. The number of halogens is 1. The lowest BCUT2D eigenvalue weighted by molar-refractivity contribution is -0.140. The van der Waals surface area contributed by atoms with Crippen molar-refractivity contribution in [2.45, 2.75) is 19.3 Å². The monoisotopic (exact) mass is 288 g/mol. The third-order valence-corrected chi connectivity index (χ3v) is 5.30. The summed E-state index contributed by atoms with van der Waals surface area (Å²) in [7, 11) is 0. The lowest BCUT2D eigenvalue weighted by Crippen LogP contribution is -2.36. The van der Waals surface area contributed by atoms with Crippen LogP contribution in [0.4, 0.5) is 10.1 Å². The third kappa shape index (κ3) is 1.87. The number of anilines is 1. The van der Waals surface area contributed by atoms with Crippen molar-refractivity contribution in [1.82, 2.24) is 4.90 Å². The van der Waals surface area contributed by atoms with Crippen molar-refractivity contribution in [2.24, 2.45) is 23.7 Å². The van der Waals surface area contributed by atoms with Crippen LogP contribution in [0, 0.1) is 29.5 Å². The Morgan fingerprint density at radius 1 is 1.05 bits per heavy atom. The zero-order chi connectivity index (χ0) is 14.6. The van der Waals surface area contributed by atoms with Gasteiger partial charge in [-0.05, 0) is 55.4 Å². The van der Waals surface area contributed by atoms with E-state index in [2.05, 4.69) is 5.32 Å². The molecule has 4 rings (SSSR count). The number of benzene rings is 1. The van der Waals surface area contributed by atoms with Crippen LogP contribution in [0.25, 0.3) is 0 Å². The highest BCUT2D eigenvalue weighted by atomic mass is 19.1. The van der Waals surface area contributed by atoms with Gasteiger partial charge in [0.05, 0.1) is 18.5 Å². The van der Waals surface area contributed by atoms with E-state index in [1.807, 2.05) is 0 Å². The molecule has 1 aliphatic heterocycles. The maximum absolute atomic E-state index is 12.9. The molecule has 5 heteroatoms. The van der Waals surface area contributed by atoms with Crippen molar-refractivity contribution < 1.29 is 14.0 Å². The SMILES string of the molecule is O=C1[C@@H]2[C@@H]3CC[C@@H](C3)[C@@H]2C(=O)N1CNc1ccc(F)cc1. The van der Waals surface area contributed by atoms with E-state index < -0.39 is 0 Å². The summed E-state index contributed by atoms with van der Waals surface area (Å²) in [4.78, 5) is 26.3. The average molecular weight is 288 g/mol. The van der Waals surface area contributed by atoms with Crippen LogP contribution in [0.5, 0.6) is 0 Å². The smallest absolute Gasteiger partial charge is 0.234 e. The van der Waals surface area contributed by atoms with Crippen LogP contribution in [0.2, 0.25) is 0 Å². The van der Waals surface area contributed by atoms with Crippen LogP contribution in [-0.4, -0.2) is 23.4 Å². The first-order valence-corrected chi connectivity index (χ1v) is 7.50. The number of fused-ring (bicyclic) bond motifs is 5. The highest BCUT2D eigenvalue weighted by Gasteiger charge is 2.60. The van der Waals surface area contributed by atoms with Crippen molar-refractivity contribution in [1.29, 1.82) is 0 Å². The Hall–Kier alpha value is -1.91. The molecule has 2 amide bonds. The molecule has 0 aromatic heterocycles. The normalized spacial score (nSPS) is 33.7. The molecule has 1 heterocycles. The van der Waals surface area contributed by atoms with Crippen LogP contribution in [0.15, 0.2) is 24.3 Å². The molecule has 21 heavy (non-hydrogen) atoms. The number of imide groups is 1. The molecule has 0 radical (unpaired) electrons.